The smallest absolute Gasteiger partial charge is 0.303 e. The van der Waals surface area contributed by atoms with Crippen molar-refractivity contribution in [1.82, 2.24) is 0 Å². The maximum Gasteiger partial charge on any atom is 0.303 e. The highest BCUT2D eigenvalue weighted by molar-refractivity contribution is 5.66. The molecular formula is C12H20O2. The molecule has 1 N–H and O–H groups in total. The molecular weight excluding hydrogens is 176 g/mol. The first-order chi connectivity index (χ1) is 6.77. The van der Waals surface area contributed by atoms with Gasteiger partial charge in [0.25, 0.3) is 0 Å². The molecule has 14 heavy (non-hydrogen) atoms. The highest BCUT2D eigenvalue weighted by Crippen LogP contribution is 2.46. The van der Waals surface area contributed by atoms with Gasteiger partial charge in [-0.15, -0.1) is 0 Å². The minimum absolute atomic E-state index is 0.387. The quantitative estimate of drug-likeness (QED) is 0.753. The number of aliphatic carboxylic acids is 1. The summed E-state index contributed by atoms with van der Waals surface area (Å²) in [6.07, 6.45) is 9.54. The van der Waals surface area contributed by atoms with Crippen LogP contribution in [0.5, 0.6) is 0 Å². The van der Waals surface area contributed by atoms with Gasteiger partial charge in [-0.1, -0.05) is 38.5 Å². The summed E-state index contributed by atoms with van der Waals surface area (Å²) in [5.74, 6) is 1.85. The Morgan fingerprint density at radius 2 is 1.57 bits per heavy atom. The Morgan fingerprint density at radius 1 is 1.07 bits per heavy atom. The van der Waals surface area contributed by atoms with E-state index in [4.69, 9.17) is 5.11 Å². The average molecular weight is 196 g/mol. The SMILES string of the molecule is O=C(O)CCC1C2CCCC1CCC2. The molecule has 0 unspecified atom stereocenters. The second kappa shape index (κ2) is 4.33. The molecule has 0 heterocycles. The van der Waals surface area contributed by atoms with Gasteiger partial charge in [-0.2, -0.15) is 0 Å². The molecule has 2 bridgehead atoms. The van der Waals surface area contributed by atoms with E-state index in [-0.39, 0.29) is 0 Å². The van der Waals surface area contributed by atoms with Gasteiger partial charge in [-0.3, -0.25) is 4.79 Å². The van der Waals surface area contributed by atoms with E-state index >= 15 is 0 Å². The van der Waals surface area contributed by atoms with Crippen molar-refractivity contribution in [3.63, 3.8) is 0 Å². The molecule has 2 heteroatoms. The first-order valence-electron chi connectivity index (χ1n) is 5.99. The lowest BCUT2D eigenvalue weighted by atomic mass is 9.63. The molecule has 2 aliphatic rings. The summed E-state index contributed by atoms with van der Waals surface area (Å²) in [4.78, 5) is 10.6. The monoisotopic (exact) mass is 196 g/mol. The number of carboxylic acids is 1. The molecule has 0 aromatic carbocycles. The number of carboxylic acid groups (broad SMARTS) is 1. The lowest BCUT2D eigenvalue weighted by Crippen LogP contribution is -2.32. The molecule has 0 aliphatic heterocycles. The van der Waals surface area contributed by atoms with Crippen LogP contribution in [0.1, 0.15) is 51.4 Å². The van der Waals surface area contributed by atoms with Crippen molar-refractivity contribution in [1.29, 1.82) is 0 Å². The summed E-state index contributed by atoms with van der Waals surface area (Å²) in [5, 5.41) is 8.71. The average Bonchev–Trinajstić information content (AvgIpc) is 2.13. The van der Waals surface area contributed by atoms with E-state index in [1.165, 1.54) is 38.5 Å². The normalized spacial score (nSPS) is 36.7. The Labute approximate surface area is 85.7 Å². The Morgan fingerprint density at radius 3 is 2.00 bits per heavy atom. The maximum absolute atomic E-state index is 10.6. The fourth-order valence-corrected chi connectivity index (χ4v) is 3.58. The third-order valence-electron chi connectivity index (χ3n) is 4.20. The van der Waals surface area contributed by atoms with E-state index in [0.717, 1.165) is 24.2 Å². The predicted molar refractivity (Wildman–Crippen MR) is 55.0 cm³/mol. The van der Waals surface area contributed by atoms with Crippen LogP contribution in [0.15, 0.2) is 0 Å². The first-order valence-corrected chi connectivity index (χ1v) is 5.99. The molecule has 2 saturated carbocycles. The van der Waals surface area contributed by atoms with Gasteiger partial charge in [0.05, 0.1) is 0 Å². The number of hydrogen-bond donors (Lipinski definition) is 1. The third kappa shape index (κ3) is 2.10. The van der Waals surface area contributed by atoms with E-state index in [1.807, 2.05) is 0 Å². The number of hydrogen-bond acceptors (Lipinski definition) is 1. The predicted octanol–water partition coefficient (Wildman–Crippen LogP) is 3.07. The molecule has 2 fully saturated rings. The third-order valence-corrected chi connectivity index (χ3v) is 4.20. The molecule has 0 aromatic heterocycles. The minimum atomic E-state index is -0.617. The van der Waals surface area contributed by atoms with Crippen molar-refractivity contribution in [2.75, 3.05) is 0 Å². The van der Waals surface area contributed by atoms with Crippen molar-refractivity contribution in [2.24, 2.45) is 17.8 Å². The maximum atomic E-state index is 10.6. The van der Waals surface area contributed by atoms with Crippen LogP contribution in [0.3, 0.4) is 0 Å². The summed E-state index contributed by atoms with van der Waals surface area (Å²) >= 11 is 0. The second-order valence-corrected chi connectivity index (χ2v) is 4.98. The zero-order valence-corrected chi connectivity index (χ0v) is 8.74. The van der Waals surface area contributed by atoms with Crippen LogP contribution in [0.25, 0.3) is 0 Å². The molecule has 0 atom stereocenters. The van der Waals surface area contributed by atoms with Crippen LogP contribution < -0.4 is 0 Å². The topological polar surface area (TPSA) is 37.3 Å². The lowest BCUT2D eigenvalue weighted by Gasteiger charge is -2.42. The van der Waals surface area contributed by atoms with E-state index in [0.29, 0.717) is 6.42 Å². The molecule has 0 amide bonds. The molecule has 0 aromatic rings. The highest BCUT2D eigenvalue weighted by atomic mass is 16.4. The van der Waals surface area contributed by atoms with Gasteiger partial charge in [0.2, 0.25) is 0 Å². The van der Waals surface area contributed by atoms with Gasteiger partial charge in [0, 0.05) is 6.42 Å². The Bertz CT molecular complexity index is 190. The van der Waals surface area contributed by atoms with Gasteiger partial charge in [0.1, 0.15) is 0 Å². The fraction of sp³-hybridized carbons (Fsp3) is 0.917. The molecule has 0 saturated heterocycles. The Hall–Kier alpha value is -0.530. The highest BCUT2D eigenvalue weighted by Gasteiger charge is 2.35. The summed E-state index contributed by atoms with van der Waals surface area (Å²) in [5.41, 5.74) is 0. The molecule has 2 nitrogen and oxygen atoms in total. The van der Waals surface area contributed by atoms with Gasteiger partial charge in [-0.25, -0.2) is 0 Å². The van der Waals surface area contributed by atoms with Gasteiger partial charge in [0.15, 0.2) is 0 Å². The number of fused-ring (bicyclic) bond motifs is 2. The van der Waals surface area contributed by atoms with Crippen LogP contribution in [-0.2, 0) is 4.79 Å². The number of rotatable bonds is 3. The summed E-state index contributed by atoms with van der Waals surface area (Å²) in [7, 11) is 0. The molecule has 0 radical (unpaired) electrons. The fourth-order valence-electron chi connectivity index (χ4n) is 3.58. The first kappa shape index (κ1) is 10.0. The Kier molecular flexibility index (Phi) is 3.09. The number of carbonyl (C=O) groups is 1. The van der Waals surface area contributed by atoms with Crippen LogP contribution >= 0.6 is 0 Å². The van der Waals surface area contributed by atoms with Crippen molar-refractivity contribution >= 4 is 5.97 Å². The largest absolute Gasteiger partial charge is 0.481 e. The summed E-state index contributed by atoms with van der Waals surface area (Å²) in [6, 6.07) is 0. The van der Waals surface area contributed by atoms with Gasteiger partial charge < -0.3 is 5.11 Å². The van der Waals surface area contributed by atoms with Crippen molar-refractivity contribution in [3.05, 3.63) is 0 Å². The molecule has 0 spiro atoms. The van der Waals surface area contributed by atoms with E-state index in [9.17, 15) is 4.79 Å². The van der Waals surface area contributed by atoms with E-state index in [2.05, 4.69) is 0 Å². The van der Waals surface area contributed by atoms with Gasteiger partial charge >= 0.3 is 5.97 Å². The molecule has 2 aliphatic carbocycles. The van der Waals surface area contributed by atoms with Crippen molar-refractivity contribution < 1.29 is 9.90 Å². The Balaban J connectivity index is 1.91. The van der Waals surface area contributed by atoms with Crippen LogP contribution in [0.2, 0.25) is 0 Å². The second-order valence-electron chi connectivity index (χ2n) is 4.98. The van der Waals surface area contributed by atoms with Gasteiger partial charge in [-0.05, 0) is 24.2 Å². The standard InChI is InChI=1S/C12H20O2/c13-12(14)8-7-11-9-3-1-4-10(11)6-2-5-9/h9-11H,1-8H2,(H,13,14). The van der Waals surface area contributed by atoms with Crippen molar-refractivity contribution in [3.8, 4) is 0 Å². The lowest BCUT2D eigenvalue weighted by molar-refractivity contribution is -0.137. The summed E-state index contributed by atoms with van der Waals surface area (Å²) < 4.78 is 0. The van der Waals surface area contributed by atoms with E-state index in [1.54, 1.807) is 0 Å². The zero-order valence-electron chi connectivity index (χ0n) is 8.74. The minimum Gasteiger partial charge on any atom is -0.481 e. The summed E-state index contributed by atoms with van der Waals surface area (Å²) in [6.45, 7) is 0. The molecule has 2 rings (SSSR count). The van der Waals surface area contributed by atoms with Crippen LogP contribution in [0, 0.1) is 17.8 Å². The van der Waals surface area contributed by atoms with Crippen LogP contribution in [-0.4, -0.2) is 11.1 Å². The zero-order chi connectivity index (χ0) is 9.97. The van der Waals surface area contributed by atoms with E-state index < -0.39 is 5.97 Å². The molecule has 80 valence electrons. The van der Waals surface area contributed by atoms with Crippen LogP contribution in [0.4, 0.5) is 0 Å². The van der Waals surface area contributed by atoms with Crippen molar-refractivity contribution in [2.45, 2.75) is 51.4 Å².